The number of aryl methyl sites for hydroxylation is 2. The van der Waals surface area contributed by atoms with Gasteiger partial charge in [-0.3, -0.25) is 30.2 Å². The lowest BCUT2D eigenvalue weighted by Gasteiger charge is -2.09. The smallest absolute Gasteiger partial charge is 0.274 e. The summed E-state index contributed by atoms with van der Waals surface area (Å²) in [6.45, 7) is 4.74. The van der Waals surface area contributed by atoms with Crippen LogP contribution in [-0.4, -0.2) is 32.3 Å². The quantitative estimate of drug-likeness (QED) is 0.411. The van der Waals surface area contributed by atoms with Gasteiger partial charge in [-0.1, -0.05) is 6.07 Å². The standard InChI is InChI=1S/C24H22N6O3/c1-3-30-15(2)26-20-14-17(9-12-21(20)30)23(32)29-28-22(31)16-7-10-18(11-8-16)27-24(33)19-6-4-5-13-25-19/h4-14H,3H2,1-2H3,(H,27,33)(H,28,31)(H,29,32). The molecule has 2 heterocycles. The van der Waals surface area contributed by atoms with Gasteiger partial charge in [-0.2, -0.15) is 0 Å². The van der Waals surface area contributed by atoms with Crippen LogP contribution >= 0.6 is 0 Å². The molecule has 3 amide bonds. The number of nitrogens with one attached hydrogen (secondary N) is 3. The van der Waals surface area contributed by atoms with Gasteiger partial charge in [-0.25, -0.2) is 4.98 Å². The number of hydrazine groups is 1. The summed E-state index contributed by atoms with van der Waals surface area (Å²) >= 11 is 0. The van der Waals surface area contributed by atoms with Gasteiger partial charge in [0.05, 0.1) is 11.0 Å². The third kappa shape index (κ3) is 4.72. The minimum atomic E-state index is -0.488. The lowest BCUT2D eigenvalue weighted by atomic mass is 10.2. The monoisotopic (exact) mass is 442 g/mol. The minimum Gasteiger partial charge on any atom is -0.329 e. The van der Waals surface area contributed by atoms with Crippen molar-refractivity contribution in [2.75, 3.05) is 5.32 Å². The molecule has 4 rings (SSSR count). The van der Waals surface area contributed by atoms with Crippen LogP contribution in [0.1, 0.15) is 44.0 Å². The number of fused-ring (bicyclic) bond motifs is 1. The van der Waals surface area contributed by atoms with E-state index in [1.165, 1.54) is 6.20 Å². The Bertz CT molecular complexity index is 1330. The maximum absolute atomic E-state index is 12.5. The van der Waals surface area contributed by atoms with Crippen LogP contribution in [-0.2, 0) is 6.54 Å². The second kappa shape index (κ2) is 9.31. The maximum atomic E-state index is 12.5. The van der Waals surface area contributed by atoms with Crippen molar-refractivity contribution in [1.82, 2.24) is 25.4 Å². The molecule has 9 heteroatoms. The molecule has 0 saturated heterocycles. The number of pyridine rings is 1. The predicted octanol–water partition coefficient (Wildman–Crippen LogP) is 3.09. The first-order chi connectivity index (χ1) is 16.0. The number of rotatable bonds is 5. The number of anilines is 1. The van der Waals surface area contributed by atoms with Crippen molar-refractivity contribution in [3.63, 3.8) is 0 Å². The summed E-state index contributed by atoms with van der Waals surface area (Å²) in [5.41, 5.74) is 7.99. The van der Waals surface area contributed by atoms with Gasteiger partial charge in [-0.05, 0) is 68.4 Å². The van der Waals surface area contributed by atoms with Crippen LogP contribution < -0.4 is 16.2 Å². The van der Waals surface area contributed by atoms with Gasteiger partial charge in [0.2, 0.25) is 0 Å². The van der Waals surface area contributed by atoms with E-state index in [4.69, 9.17) is 0 Å². The molecule has 33 heavy (non-hydrogen) atoms. The molecule has 0 radical (unpaired) electrons. The highest BCUT2D eigenvalue weighted by Gasteiger charge is 2.13. The number of hydrogen-bond acceptors (Lipinski definition) is 5. The summed E-state index contributed by atoms with van der Waals surface area (Å²) in [5, 5.41) is 2.71. The molecule has 9 nitrogen and oxygen atoms in total. The zero-order chi connectivity index (χ0) is 23.4. The van der Waals surface area contributed by atoms with Crippen molar-refractivity contribution < 1.29 is 14.4 Å². The Hall–Kier alpha value is -4.53. The van der Waals surface area contributed by atoms with Crippen LogP contribution in [0, 0.1) is 6.92 Å². The Kier molecular flexibility index (Phi) is 6.12. The van der Waals surface area contributed by atoms with Gasteiger partial charge in [0.1, 0.15) is 11.5 Å². The Morgan fingerprint density at radius 3 is 2.24 bits per heavy atom. The molecule has 0 aliphatic carbocycles. The first-order valence-electron chi connectivity index (χ1n) is 10.4. The van der Waals surface area contributed by atoms with Crippen molar-refractivity contribution in [2.45, 2.75) is 20.4 Å². The van der Waals surface area contributed by atoms with Crippen LogP contribution in [0.3, 0.4) is 0 Å². The molecule has 4 aromatic rings. The van der Waals surface area contributed by atoms with E-state index in [2.05, 4.69) is 30.7 Å². The Labute approximate surface area is 189 Å². The van der Waals surface area contributed by atoms with Gasteiger partial charge < -0.3 is 9.88 Å². The number of imidazole rings is 1. The van der Waals surface area contributed by atoms with Gasteiger partial charge >= 0.3 is 0 Å². The zero-order valence-corrected chi connectivity index (χ0v) is 18.1. The number of hydrogen-bond donors (Lipinski definition) is 3. The molecule has 2 aromatic carbocycles. The second-order valence-corrected chi connectivity index (χ2v) is 7.26. The topological polar surface area (TPSA) is 118 Å². The minimum absolute atomic E-state index is 0.289. The number of benzene rings is 2. The van der Waals surface area contributed by atoms with E-state index in [0.717, 1.165) is 23.4 Å². The predicted molar refractivity (Wildman–Crippen MR) is 124 cm³/mol. The van der Waals surface area contributed by atoms with E-state index in [9.17, 15) is 14.4 Å². The summed E-state index contributed by atoms with van der Waals surface area (Å²) in [6.07, 6.45) is 1.54. The first kappa shape index (κ1) is 21.7. The average Bonchev–Trinajstić information content (AvgIpc) is 3.17. The SMILES string of the molecule is CCn1c(C)nc2cc(C(=O)NNC(=O)c3ccc(NC(=O)c4ccccn4)cc3)ccc21. The Balaban J connectivity index is 1.36. The molecule has 0 saturated carbocycles. The number of aromatic nitrogens is 3. The fourth-order valence-electron chi connectivity index (χ4n) is 3.45. The highest BCUT2D eigenvalue weighted by Crippen LogP contribution is 2.17. The normalized spacial score (nSPS) is 10.6. The summed E-state index contributed by atoms with van der Waals surface area (Å²) < 4.78 is 2.06. The van der Waals surface area contributed by atoms with Gasteiger partial charge in [0.25, 0.3) is 17.7 Å². The lowest BCUT2D eigenvalue weighted by molar-refractivity contribution is 0.0847. The number of amides is 3. The van der Waals surface area contributed by atoms with E-state index in [0.29, 0.717) is 16.8 Å². The molecule has 0 spiro atoms. The summed E-state index contributed by atoms with van der Waals surface area (Å²) in [4.78, 5) is 45.5. The van der Waals surface area contributed by atoms with E-state index >= 15 is 0 Å². The van der Waals surface area contributed by atoms with Crippen LogP contribution in [0.2, 0.25) is 0 Å². The molecule has 0 unspecified atom stereocenters. The lowest BCUT2D eigenvalue weighted by Crippen LogP contribution is -2.41. The molecule has 3 N–H and O–H groups in total. The largest absolute Gasteiger partial charge is 0.329 e. The van der Waals surface area contributed by atoms with Crippen molar-refractivity contribution in [1.29, 1.82) is 0 Å². The Morgan fingerprint density at radius 1 is 0.879 bits per heavy atom. The van der Waals surface area contributed by atoms with Gasteiger partial charge in [0.15, 0.2) is 0 Å². The fourth-order valence-corrected chi connectivity index (χ4v) is 3.45. The molecule has 0 bridgehead atoms. The van der Waals surface area contributed by atoms with E-state index in [-0.39, 0.29) is 11.6 Å². The van der Waals surface area contributed by atoms with Crippen molar-refractivity contribution >= 4 is 34.4 Å². The van der Waals surface area contributed by atoms with Crippen molar-refractivity contribution in [3.8, 4) is 0 Å². The van der Waals surface area contributed by atoms with Crippen LogP contribution in [0.15, 0.2) is 66.9 Å². The average molecular weight is 442 g/mol. The van der Waals surface area contributed by atoms with Crippen LogP contribution in [0.5, 0.6) is 0 Å². The number of nitrogens with zero attached hydrogens (tertiary/aromatic N) is 3. The molecule has 166 valence electrons. The maximum Gasteiger partial charge on any atom is 0.274 e. The van der Waals surface area contributed by atoms with Gasteiger partial charge in [0, 0.05) is 29.6 Å². The summed E-state index contributed by atoms with van der Waals surface area (Å²) in [5.74, 6) is -0.416. The highest BCUT2D eigenvalue weighted by atomic mass is 16.2. The Morgan fingerprint density at radius 2 is 1.58 bits per heavy atom. The van der Waals surface area contributed by atoms with Crippen LogP contribution in [0.4, 0.5) is 5.69 Å². The number of carbonyl (C=O) groups is 3. The van der Waals surface area contributed by atoms with Gasteiger partial charge in [-0.15, -0.1) is 0 Å². The molecule has 0 atom stereocenters. The molecule has 0 aliphatic rings. The van der Waals surface area contributed by atoms with E-state index in [1.807, 2.05) is 19.9 Å². The molecule has 0 fully saturated rings. The summed E-state index contributed by atoms with van der Waals surface area (Å²) in [6, 6.07) is 16.6. The third-order valence-corrected chi connectivity index (χ3v) is 5.11. The molecular weight excluding hydrogens is 420 g/mol. The summed E-state index contributed by atoms with van der Waals surface area (Å²) in [7, 11) is 0. The van der Waals surface area contributed by atoms with E-state index in [1.54, 1.807) is 54.6 Å². The van der Waals surface area contributed by atoms with E-state index < -0.39 is 11.8 Å². The second-order valence-electron chi connectivity index (χ2n) is 7.26. The zero-order valence-electron chi connectivity index (χ0n) is 18.1. The van der Waals surface area contributed by atoms with Crippen molar-refractivity contribution in [3.05, 3.63) is 89.5 Å². The molecular formula is C24H22N6O3. The number of carbonyl (C=O) groups excluding carboxylic acids is 3. The third-order valence-electron chi connectivity index (χ3n) is 5.11. The van der Waals surface area contributed by atoms with Crippen LogP contribution in [0.25, 0.3) is 11.0 Å². The molecule has 2 aromatic heterocycles. The first-order valence-corrected chi connectivity index (χ1v) is 10.4. The fraction of sp³-hybridized carbons (Fsp3) is 0.125. The molecule has 0 aliphatic heterocycles. The highest BCUT2D eigenvalue weighted by molar-refractivity contribution is 6.03. The van der Waals surface area contributed by atoms with Crippen molar-refractivity contribution in [2.24, 2.45) is 0 Å².